The summed E-state index contributed by atoms with van der Waals surface area (Å²) in [7, 11) is 0.788. The fourth-order valence-corrected chi connectivity index (χ4v) is 5.93. The van der Waals surface area contributed by atoms with Gasteiger partial charge < -0.3 is 19.1 Å². The lowest BCUT2D eigenvalue weighted by molar-refractivity contribution is -0.132. The normalized spacial score (nSPS) is 11.7. The van der Waals surface area contributed by atoms with Gasteiger partial charge in [0.1, 0.15) is 0 Å². The number of thiophene rings is 1. The molecular formula is C29H36N2O6S2. The van der Waals surface area contributed by atoms with Gasteiger partial charge in [-0.3, -0.25) is 4.79 Å². The topological polar surface area (TPSA) is 85.4 Å². The van der Waals surface area contributed by atoms with E-state index < -0.39 is 10.0 Å². The molecular weight excluding hydrogens is 536 g/mol. The van der Waals surface area contributed by atoms with E-state index in [9.17, 15) is 13.2 Å². The number of sulfonamides is 1. The van der Waals surface area contributed by atoms with Gasteiger partial charge in [-0.05, 0) is 54.8 Å². The quantitative estimate of drug-likeness (QED) is 0.265. The van der Waals surface area contributed by atoms with Gasteiger partial charge >= 0.3 is 0 Å². The third-order valence-electron chi connectivity index (χ3n) is 6.06. The largest absolute Gasteiger partial charge is 0.493 e. The van der Waals surface area contributed by atoms with Crippen LogP contribution in [-0.4, -0.2) is 71.1 Å². The molecule has 2 aromatic carbocycles. The number of aryl methyl sites for hydroxylation is 1. The molecule has 0 radical (unpaired) electrons. The first-order chi connectivity index (χ1) is 18.7. The molecule has 10 heteroatoms. The van der Waals surface area contributed by atoms with Crippen LogP contribution in [-0.2, 0) is 32.5 Å². The van der Waals surface area contributed by atoms with Crippen LogP contribution in [0.15, 0.2) is 66.1 Å². The van der Waals surface area contributed by atoms with E-state index in [2.05, 4.69) is 0 Å². The summed E-state index contributed by atoms with van der Waals surface area (Å²) >= 11 is 1.62. The van der Waals surface area contributed by atoms with E-state index in [0.29, 0.717) is 31.0 Å². The van der Waals surface area contributed by atoms with Crippen LogP contribution in [0.1, 0.15) is 20.9 Å². The first kappa shape index (κ1) is 30.4. The van der Waals surface area contributed by atoms with Crippen LogP contribution < -0.4 is 9.47 Å². The Kier molecular flexibility index (Phi) is 11.5. The minimum atomic E-state index is -3.88. The fourth-order valence-electron chi connectivity index (χ4n) is 3.91. The fraction of sp³-hybridized carbons (Fsp3) is 0.345. The number of ether oxygens (including phenoxy) is 3. The Morgan fingerprint density at radius 1 is 0.949 bits per heavy atom. The zero-order valence-electron chi connectivity index (χ0n) is 22.8. The minimum absolute atomic E-state index is 0.0608. The molecule has 0 spiro atoms. The second-order valence-corrected chi connectivity index (χ2v) is 12.0. The molecule has 0 atom stereocenters. The monoisotopic (exact) mass is 572 g/mol. The highest BCUT2D eigenvalue weighted by molar-refractivity contribution is 7.92. The summed E-state index contributed by atoms with van der Waals surface area (Å²) in [6.45, 7) is 2.75. The summed E-state index contributed by atoms with van der Waals surface area (Å²) in [6.07, 6.45) is 2.10. The first-order valence-electron chi connectivity index (χ1n) is 12.5. The van der Waals surface area contributed by atoms with E-state index in [1.807, 2.05) is 67.6 Å². The smallest absolute Gasteiger partial charge is 0.238 e. The van der Waals surface area contributed by atoms with Gasteiger partial charge in [0.05, 0.1) is 33.9 Å². The minimum Gasteiger partial charge on any atom is -0.493 e. The highest BCUT2D eigenvalue weighted by Crippen LogP contribution is 2.28. The van der Waals surface area contributed by atoms with E-state index in [1.165, 1.54) is 17.5 Å². The molecule has 0 aliphatic carbocycles. The Bertz CT molecular complexity index is 1340. The average Bonchev–Trinajstić information content (AvgIpc) is 3.36. The third-order valence-corrected chi connectivity index (χ3v) is 8.56. The highest BCUT2D eigenvalue weighted by Gasteiger charge is 2.25. The molecule has 0 aliphatic heterocycles. The van der Waals surface area contributed by atoms with Gasteiger partial charge in [-0.25, -0.2) is 8.42 Å². The average molecular weight is 573 g/mol. The second-order valence-electron chi connectivity index (χ2n) is 8.85. The number of methoxy groups -OCH3 is 3. The van der Waals surface area contributed by atoms with Crippen molar-refractivity contribution in [2.75, 3.05) is 47.6 Å². The maximum absolute atomic E-state index is 13.6. The van der Waals surface area contributed by atoms with Crippen molar-refractivity contribution in [1.82, 2.24) is 9.21 Å². The van der Waals surface area contributed by atoms with Crippen LogP contribution in [0.4, 0.5) is 0 Å². The van der Waals surface area contributed by atoms with Crippen LogP contribution >= 0.6 is 11.3 Å². The predicted molar refractivity (Wildman–Crippen MR) is 156 cm³/mol. The molecule has 8 nitrogen and oxygen atoms in total. The molecule has 3 aromatic rings. The highest BCUT2D eigenvalue weighted by atomic mass is 32.2. The van der Waals surface area contributed by atoms with E-state index in [0.717, 1.165) is 26.3 Å². The van der Waals surface area contributed by atoms with Gasteiger partial charge in [0.15, 0.2) is 11.5 Å². The summed E-state index contributed by atoms with van der Waals surface area (Å²) in [6, 6.07) is 18.8. The summed E-state index contributed by atoms with van der Waals surface area (Å²) in [5, 5.41) is 1.14. The van der Waals surface area contributed by atoms with E-state index in [-0.39, 0.29) is 25.6 Å². The molecule has 1 heterocycles. The number of rotatable bonds is 15. The van der Waals surface area contributed by atoms with Crippen LogP contribution in [0, 0.1) is 6.92 Å². The van der Waals surface area contributed by atoms with Gasteiger partial charge in [-0.15, -0.1) is 11.3 Å². The number of benzene rings is 2. The number of hydrogen-bond donors (Lipinski definition) is 0. The Morgan fingerprint density at radius 3 is 2.33 bits per heavy atom. The molecule has 0 fully saturated rings. The van der Waals surface area contributed by atoms with Crippen LogP contribution in [0.3, 0.4) is 0 Å². The van der Waals surface area contributed by atoms with Crippen LogP contribution in [0.25, 0.3) is 6.08 Å². The molecule has 1 aromatic heterocycles. The van der Waals surface area contributed by atoms with Gasteiger partial charge in [0.25, 0.3) is 0 Å². The number of amides is 1. The molecule has 1 amide bonds. The number of hydrogen-bond acceptors (Lipinski definition) is 7. The lowest BCUT2D eigenvalue weighted by Crippen LogP contribution is -2.43. The van der Waals surface area contributed by atoms with Crippen LogP contribution in [0.5, 0.6) is 11.5 Å². The SMILES string of the molecule is COCCN(CC(=O)N(CCc1ccc(OC)c(OC)c1)Cc1ccc(C)s1)S(=O)(=O)/C=C/c1ccccc1. The van der Waals surface area contributed by atoms with E-state index >= 15 is 0 Å². The van der Waals surface area contributed by atoms with Crippen LogP contribution in [0.2, 0.25) is 0 Å². The van der Waals surface area contributed by atoms with E-state index in [1.54, 1.807) is 30.5 Å². The second kappa shape index (κ2) is 14.8. The summed E-state index contributed by atoms with van der Waals surface area (Å²) in [4.78, 5) is 17.5. The molecule has 39 heavy (non-hydrogen) atoms. The number of carbonyl (C=O) groups excluding carboxylic acids is 1. The van der Waals surface area contributed by atoms with Crippen molar-refractivity contribution in [3.05, 3.63) is 87.0 Å². The first-order valence-corrected chi connectivity index (χ1v) is 14.8. The lowest BCUT2D eigenvalue weighted by atomic mass is 10.1. The van der Waals surface area contributed by atoms with Crippen molar-refractivity contribution < 1.29 is 27.4 Å². The molecule has 3 rings (SSSR count). The molecule has 0 saturated carbocycles. The standard InChI is InChI=1S/C29H36N2O6S2/c1-23-10-12-26(38-23)21-30(16-14-25-11-13-27(36-3)28(20-25)37-4)29(32)22-31(17-18-35-2)39(33,34)19-15-24-8-6-5-7-9-24/h5-13,15,19-20H,14,16-18,21-22H2,1-4H3/b19-15+. The number of nitrogens with zero attached hydrogens (tertiary/aromatic N) is 2. The maximum Gasteiger partial charge on any atom is 0.238 e. The van der Waals surface area contributed by atoms with Gasteiger partial charge in [0.2, 0.25) is 15.9 Å². The Morgan fingerprint density at radius 2 is 1.69 bits per heavy atom. The molecule has 0 saturated heterocycles. The summed E-state index contributed by atoms with van der Waals surface area (Å²) in [5.74, 6) is 0.962. The van der Waals surface area contributed by atoms with Gasteiger partial charge in [-0.1, -0.05) is 36.4 Å². The summed E-state index contributed by atoms with van der Waals surface area (Å²) in [5.41, 5.74) is 1.73. The Labute approximate surface area is 235 Å². The predicted octanol–water partition coefficient (Wildman–Crippen LogP) is 4.59. The zero-order valence-corrected chi connectivity index (χ0v) is 24.5. The lowest BCUT2D eigenvalue weighted by Gasteiger charge is -2.26. The van der Waals surface area contributed by atoms with Crippen molar-refractivity contribution in [3.8, 4) is 11.5 Å². The van der Waals surface area contributed by atoms with E-state index in [4.69, 9.17) is 14.2 Å². The van der Waals surface area contributed by atoms with Gasteiger partial charge in [0, 0.05) is 35.4 Å². The van der Waals surface area contributed by atoms with Crippen molar-refractivity contribution in [2.24, 2.45) is 0 Å². The maximum atomic E-state index is 13.6. The molecule has 0 unspecified atom stereocenters. The van der Waals surface area contributed by atoms with Crippen molar-refractivity contribution in [2.45, 2.75) is 19.9 Å². The third kappa shape index (κ3) is 9.21. The Hall–Kier alpha value is -3.18. The van der Waals surface area contributed by atoms with Crippen molar-refractivity contribution >= 4 is 33.3 Å². The van der Waals surface area contributed by atoms with Crippen molar-refractivity contribution in [3.63, 3.8) is 0 Å². The summed E-state index contributed by atoms with van der Waals surface area (Å²) < 4.78 is 43.5. The number of carbonyl (C=O) groups is 1. The van der Waals surface area contributed by atoms with Gasteiger partial charge in [-0.2, -0.15) is 4.31 Å². The zero-order chi connectivity index (χ0) is 28.3. The van der Waals surface area contributed by atoms with Crippen molar-refractivity contribution in [1.29, 1.82) is 0 Å². The Balaban J connectivity index is 1.80. The molecule has 0 N–H and O–H groups in total. The molecule has 210 valence electrons. The molecule has 0 aliphatic rings. The molecule has 0 bridgehead atoms.